The van der Waals surface area contributed by atoms with Gasteiger partial charge in [-0.05, 0) is 62.8 Å². The Morgan fingerprint density at radius 3 is 2.16 bits per heavy atom. The molecular formula is C27H38N2O3. The number of hydrogen-bond donors (Lipinski definition) is 1. The summed E-state index contributed by atoms with van der Waals surface area (Å²) in [5, 5.41) is 3.02. The average Bonchev–Trinajstić information content (AvgIpc) is 2.74. The molecule has 0 unspecified atom stereocenters. The van der Waals surface area contributed by atoms with Crippen molar-refractivity contribution in [3.05, 3.63) is 65.7 Å². The molecule has 0 aliphatic heterocycles. The van der Waals surface area contributed by atoms with Crippen LogP contribution in [0.2, 0.25) is 0 Å². The minimum Gasteiger partial charge on any atom is -0.484 e. The van der Waals surface area contributed by atoms with E-state index in [1.165, 1.54) is 5.56 Å². The zero-order chi connectivity index (χ0) is 23.7. The van der Waals surface area contributed by atoms with Crippen molar-refractivity contribution in [1.29, 1.82) is 0 Å². The summed E-state index contributed by atoms with van der Waals surface area (Å²) in [4.78, 5) is 27.8. The van der Waals surface area contributed by atoms with Crippen molar-refractivity contribution in [2.45, 2.75) is 71.9 Å². The van der Waals surface area contributed by atoms with Gasteiger partial charge in [0.2, 0.25) is 5.91 Å². The number of rotatable bonds is 10. The summed E-state index contributed by atoms with van der Waals surface area (Å²) in [6.07, 6.45) is 1.21. The van der Waals surface area contributed by atoms with Gasteiger partial charge in [0.05, 0.1) is 0 Å². The Morgan fingerprint density at radius 2 is 1.62 bits per heavy atom. The van der Waals surface area contributed by atoms with Crippen molar-refractivity contribution in [2.75, 3.05) is 13.2 Å². The lowest BCUT2D eigenvalue weighted by Gasteiger charge is -2.33. The molecule has 0 aliphatic rings. The smallest absolute Gasteiger partial charge is 0.261 e. The van der Waals surface area contributed by atoms with Crippen LogP contribution in [0.3, 0.4) is 0 Å². The highest BCUT2D eigenvalue weighted by molar-refractivity contribution is 5.88. The maximum atomic E-state index is 13.2. The molecule has 2 amide bonds. The van der Waals surface area contributed by atoms with E-state index in [1.54, 1.807) is 4.90 Å². The van der Waals surface area contributed by atoms with Crippen LogP contribution < -0.4 is 10.1 Å². The normalized spacial score (nSPS) is 12.3. The molecule has 0 spiro atoms. The van der Waals surface area contributed by atoms with Crippen LogP contribution in [0.5, 0.6) is 5.75 Å². The third kappa shape index (κ3) is 8.03. The lowest BCUT2D eigenvalue weighted by atomic mass is 10.0. The van der Waals surface area contributed by atoms with Crippen molar-refractivity contribution in [3.63, 3.8) is 0 Å². The molecule has 5 heteroatoms. The quantitative estimate of drug-likeness (QED) is 0.571. The van der Waals surface area contributed by atoms with Gasteiger partial charge in [-0.15, -0.1) is 0 Å². The van der Waals surface area contributed by atoms with E-state index in [2.05, 4.69) is 19.2 Å². The van der Waals surface area contributed by atoms with Crippen molar-refractivity contribution in [3.8, 4) is 5.75 Å². The van der Waals surface area contributed by atoms with Crippen molar-refractivity contribution in [1.82, 2.24) is 10.2 Å². The van der Waals surface area contributed by atoms with Crippen LogP contribution in [0.4, 0.5) is 0 Å². The highest BCUT2D eigenvalue weighted by Gasteiger charge is 2.30. The standard InChI is InChI=1S/C27H38N2O3/c1-7-24(26(31)28-27(4,5)6)29(18-17-21-11-9-8-10-12-21)25(30)19-32-23-15-13-22(14-16-23)20(2)3/h8-16,20,24H,7,17-19H2,1-6H3,(H,28,31)/t24-/m0/s1. The summed E-state index contributed by atoms with van der Waals surface area (Å²) in [5.41, 5.74) is 1.98. The average molecular weight is 439 g/mol. The molecule has 0 bridgehead atoms. The molecule has 5 nitrogen and oxygen atoms in total. The van der Waals surface area contributed by atoms with Crippen molar-refractivity contribution in [2.24, 2.45) is 0 Å². The molecule has 0 radical (unpaired) electrons. The fourth-order valence-corrected chi connectivity index (χ4v) is 3.53. The first-order valence-corrected chi connectivity index (χ1v) is 11.5. The van der Waals surface area contributed by atoms with Crippen LogP contribution in [-0.4, -0.2) is 41.4 Å². The number of benzene rings is 2. The Morgan fingerprint density at radius 1 is 1.00 bits per heavy atom. The molecule has 1 atom stereocenters. The second-order valence-electron chi connectivity index (χ2n) is 9.50. The van der Waals surface area contributed by atoms with Gasteiger partial charge in [-0.1, -0.05) is 63.2 Å². The van der Waals surface area contributed by atoms with E-state index in [0.29, 0.717) is 31.1 Å². The number of carbonyl (C=O) groups excluding carboxylic acids is 2. The fraction of sp³-hybridized carbons (Fsp3) is 0.481. The molecule has 0 fully saturated rings. The molecule has 0 saturated heterocycles. The highest BCUT2D eigenvalue weighted by atomic mass is 16.5. The minimum atomic E-state index is -0.544. The third-order valence-electron chi connectivity index (χ3n) is 5.28. The zero-order valence-electron chi connectivity index (χ0n) is 20.4. The minimum absolute atomic E-state index is 0.102. The number of ether oxygens (including phenoxy) is 1. The van der Waals surface area contributed by atoms with E-state index >= 15 is 0 Å². The van der Waals surface area contributed by atoms with E-state index in [9.17, 15) is 9.59 Å². The van der Waals surface area contributed by atoms with E-state index in [4.69, 9.17) is 4.74 Å². The number of hydrogen-bond acceptors (Lipinski definition) is 3. The Labute approximate surface area is 193 Å². The lowest BCUT2D eigenvalue weighted by molar-refractivity contribution is -0.142. The van der Waals surface area contributed by atoms with E-state index < -0.39 is 6.04 Å². The van der Waals surface area contributed by atoms with Gasteiger partial charge in [-0.3, -0.25) is 9.59 Å². The second kappa shape index (κ2) is 11.7. The second-order valence-corrected chi connectivity index (χ2v) is 9.50. The summed E-state index contributed by atoms with van der Waals surface area (Å²) in [6.45, 7) is 12.4. The van der Waals surface area contributed by atoms with Gasteiger partial charge in [0, 0.05) is 12.1 Å². The monoisotopic (exact) mass is 438 g/mol. The molecule has 0 saturated carbocycles. The maximum Gasteiger partial charge on any atom is 0.261 e. The van der Waals surface area contributed by atoms with Crippen LogP contribution in [-0.2, 0) is 16.0 Å². The molecule has 2 aromatic carbocycles. The van der Waals surface area contributed by atoms with Crippen molar-refractivity contribution < 1.29 is 14.3 Å². The summed E-state index contributed by atoms with van der Waals surface area (Å²) < 4.78 is 5.79. The van der Waals surface area contributed by atoms with Gasteiger partial charge < -0.3 is 15.0 Å². The number of carbonyl (C=O) groups is 2. The third-order valence-corrected chi connectivity index (χ3v) is 5.28. The molecule has 2 rings (SSSR count). The van der Waals surface area contributed by atoms with E-state index in [1.807, 2.05) is 82.3 Å². The fourth-order valence-electron chi connectivity index (χ4n) is 3.53. The lowest BCUT2D eigenvalue weighted by Crippen LogP contribution is -2.54. The Bertz CT molecular complexity index is 855. The first-order chi connectivity index (χ1) is 15.1. The van der Waals surface area contributed by atoms with Crippen LogP contribution in [0.1, 0.15) is 65.0 Å². The van der Waals surface area contributed by atoms with Crippen LogP contribution in [0, 0.1) is 0 Å². The molecule has 2 aromatic rings. The first kappa shape index (κ1) is 25.4. The molecule has 0 heterocycles. The van der Waals surface area contributed by atoms with E-state index in [-0.39, 0.29) is 24.0 Å². The SMILES string of the molecule is CC[C@@H](C(=O)NC(C)(C)C)N(CCc1ccccc1)C(=O)COc1ccc(C(C)C)cc1. The predicted molar refractivity (Wildman–Crippen MR) is 130 cm³/mol. The number of nitrogens with one attached hydrogen (secondary N) is 1. The molecular weight excluding hydrogens is 400 g/mol. The molecule has 32 heavy (non-hydrogen) atoms. The summed E-state index contributed by atoms with van der Waals surface area (Å²) in [5.74, 6) is 0.760. The predicted octanol–water partition coefficient (Wildman–Crippen LogP) is 4.95. The van der Waals surface area contributed by atoms with Gasteiger partial charge in [0.1, 0.15) is 11.8 Å². The number of nitrogens with zero attached hydrogens (tertiary/aromatic N) is 1. The Hall–Kier alpha value is -2.82. The summed E-state index contributed by atoms with van der Waals surface area (Å²) >= 11 is 0. The Kier molecular flexibility index (Phi) is 9.30. The largest absolute Gasteiger partial charge is 0.484 e. The van der Waals surface area contributed by atoms with Gasteiger partial charge in [0.15, 0.2) is 6.61 Å². The maximum absolute atomic E-state index is 13.2. The molecule has 0 aromatic heterocycles. The van der Waals surface area contributed by atoms with Gasteiger partial charge in [0.25, 0.3) is 5.91 Å². The van der Waals surface area contributed by atoms with Crippen molar-refractivity contribution >= 4 is 11.8 Å². The van der Waals surface area contributed by atoms with Crippen LogP contribution >= 0.6 is 0 Å². The van der Waals surface area contributed by atoms with Crippen LogP contribution in [0.25, 0.3) is 0 Å². The van der Waals surface area contributed by atoms with Crippen LogP contribution in [0.15, 0.2) is 54.6 Å². The molecule has 174 valence electrons. The Balaban J connectivity index is 2.13. The van der Waals surface area contributed by atoms with E-state index in [0.717, 1.165) is 5.56 Å². The first-order valence-electron chi connectivity index (χ1n) is 11.5. The van der Waals surface area contributed by atoms with Gasteiger partial charge in [-0.2, -0.15) is 0 Å². The highest BCUT2D eigenvalue weighted by Crippen LogP contribution is 2.19. The zero-order valence-corrected chi connectivity index (χ0v) is 20.4. The van der Waals surface area contributed by atoms with Gasteiger partial charge >= 0.3 is 0 Å². The topological polar surface area (TPSA) is 58.6 Å². The molecule has 0 aliphatic carbocycles. The molecule has 1 N–H and O–H groups in total. The number of amides is 2. The van der Waals surface area contributed by atoms with Gasteiger partial charge in [-0.25, -0.2) is 0 Å². The summed E-state index contributed by atoms with van der Waals surface area (Å²) in [7, 11) is 0. The summed E-state index contributed by atoms with van der Waals surface area (Å²) in [6, 6.07) is 17.3.